The molecule has 5 heteroatoms. The lowest BCUT2D eigenvalue weighted by Crippen LogP contribution is -2.39. The van der Waals surface area contributed by atoms with E-state index in [4.69, 9.17) is 11.5 Å². The van der Waals surface area contributed by atoms with Crippen LogP contribution in [0.15, 0.2) is 12.2 Å². The second kappa shape index (κ2) is 23.4. The topological polar surface area (TPSA) is 84.4 Å². The number of unbranched alkanes of at least 4 members (excludes halogenated alkanes) is 11. The first kappa shape index (κ1) is 28.1. The van der Waals surface area contributed by atoms with Gasteiger partial charge in [-0.1, -0.05) is 70.4 Å². The Labute approximate surface area is 181 Å². The number of carbonyl (C=O) groups excluding carboxylic acids is 1. The predicted molar refractivity (Wildman–Crippen MR) is 127 cm³/mol. The monoisotopic (exact) mass is 410 g/mol. The fraction of sp³-hybridized carbons (Fsp3) is 0.875. The highest BCUT2D eigenvalue weighted by Gasteiger charge is 2.04. The lowest BCUT2D eigenvalue weighted by Gasteiger charge is -2.20. The van der Waals surface area contributed by atoms with Crippen LogP contribution in [0.1, 0.15) is 96.8 Å². The molecule has 0 fully saturated rings. The Morgan fingerprint density at radius 1 is 0.759 bits per heavy atom. The van der Waals surface area contributed by atoms with Gasteiger partial charge in [0.2, 0.25) is 5.91 Å². The summed E-state index contributed by atoms with van der Waals surface area (Å²) in [5, 5.41) is 3.01. The fourth-order valence-electron chi connectivity index (χ4n) is 3.50. The first-order valence-corrected chi connectivity index (χ1v) is 12.3. The Balaban J connectivity index is 3.36. The number of allylic oxidation sites excluding steroid dienone is 2. The fourth-order valence-corrected chi connectivity index (χ4v) is 3.50. The molecule has 1 amide bonds. The lowest BCUT2D eigenvalue weighted by molar-refractivity contribution is -0.121. The summed E-state index contributed by atoms with van der Waals surface area (Å²) in [6.45, 7) is 6.70. The van der Waals surface area contributed by atoms with Gasteiger partial charge in [0, 0.05) is 45.7 Å². The minimum Gasteiger partial charge on any atom is -0.355 e. The maximum Gasteiger partial charge on any atom is 0.220 e. The molecule has 0 aliphatic heterocycles. The number of amides is 1. The Morgan fingerprint density at radius 3 is 1.83 bits per heavy atom. The van der Waals surface area contributed by atoms with Gasteiger partial charge in [-0.3, -0.25) is 9.69 Å². The third-order valence-corrected chi connectivity index (χ3v) is 5.31. The molecular formula is C24H50N4O. The third-order valence-electron chi connectivity index (χ3n) is 5.31. The maximum absolute atomic E-state index is 11.9. The Bertz CT molecular complexity index is 368. The van der Waals surface area contributed by atoms with E-state index in [9.17, 15) is 4.79 Å². The first-order chi connectivity index (χ1) is 14.2. The van der Waals surface area contributed by atoms with Gasteiger partial charge in [0.25, 0.3) is 0 Å². The minimum absolute atomic E-state index is 0.170. The van der Waals surface area contributed by atoms with Crippen LogP contribution >= 0.6 is 0 Å². The number of rotatable bonds is 22. The van der Waals surface area contributed by atoms with Crippen LogP contribution in [0.25, 0.3) is 0 Å². The van der Waals surface area contributed by atoms with Crippen molar-refractivity contribution in [3.05, 3.63) is 12.2 Å². The summed E-state index contributed by atoms with van der Waals surface area (Å²) >= 11 is 0. The predicted octanol–water partition coefficient (Wildman–Crippen LogP) is 4.36. The van der Waals surface area contributed by atoms with E-state index < -0.39 is 0 Å². The van der Waals surface area contributed by atoms with E-state index in [0.29, 0.717) is 26.1 Å². The highest BCUT2D eigenvalue weighted by Crippen LogP contribution is 2.09. The summed E-state index contributed by atoms with van der Waals surface area (Å²) in [4.78, 5) is 14.1. The standard InChI is InChI=1S/C24H50N4O/c1-2-3-4-5-6-7-8-9-10-11-12-13-14-15-16-17-24(29)27-20-23-28(21-18-25)22-19-26/h9-10H,2-8,11-23,25-26H2,1H3,(H,27,29). The van der Waals surface area contributed by atoms with Crippen LogP contribution in [0.3, 0.4) is 0 Å². The van der Waals surface area contributed by atoms with E-state index >= 15 is 0 Å². The second-order valence-electron chi connectivity index (χ2n) is 8.10. The Morgan fingerprint density at radius 2 is 1.28 bits per heavy atom. The Hall–Kier alpha value is -0.910. The number of hydrogen-bond acceptors (Lipinski definition) is 4. The molecule has 0 aliphatic rings. The van der Waals surface area contributed by atoms with Crippen LogP contribution in [-0.4, -0.2) is 50.1 Å². The van der Waals surface area contributed by atoms with Crippen molar-refractivity contribution in [1.82, 2.24) is 10.2 Å². The van der Waals surface area contributed by atoms with E-state index in [2.05, 4.69) is 29.3 Å². The molecule has 0 heterocycles. The van der Waals surface area contributed by atoms with Gasteiger partial charge in [0.05, 0.1) is 0 Å². The molecule has 172 valence electrons. The average Bonchev–Trinajstić information content (AvgIpc) is 2.71. The van der Waals surface area contributed by atoms with E-state index in [0.717, 1.165) is 32.5 Å². The molecule has 0 atom stereocenters. The molecule has 5 nitrogen and oxygen atoms in total. The van der Waals surface area contributed by atoms with Gasteiger partial charge >= 0.3 is 0 Å². The molecule has 0 radical (unpaired) electrons. The molecule has 0 rings (SSSR count). The summed E-state index contributed by atoms with van der Waals surface area (Å²) in [7, 11) is 0. The van der Waals surface area contributed by atoms with Gasteiger partial charge in [0.15, 0.2) is 0 Å². The van der Waals surface area contributed by atoms with E-state index in [-0.39, 0.29) is 5.91 Å². The highest BCUT2D eigenvalue weighted by atomic mass is 16.1. The molecular weight excluding hydrogens is 360 g/mol. The van der Waals surface area contributed by atoms with Crippen LogP contribution in [-0.2, 0) is 4.79 Å². The third kappa shape index (κ3) is 21.6. The summed E-state index contributed by atoms with van der Waals surface area (Å²) in [5.41, 5.74) is 11.2. The smallest absolute Gasteiger partial charge is 0.220 e. The first-order valence-electron chi connectivity index (χ1n) is 12.3. The Kier molecular flexibility index (Phi) is 22.6. The van der Waals surface area contributed by atoms with Crippen molar-refractivity contribution < 1.29 is 4.79 Å². The summed E-state index contributed by atoms with van der Waals surface area (Å²) in [6, 6.07) is 0. The van der Waals surface area contributed by atoms with Crippen molar-refractivity contribution in [3.8, 4) is 0 Å². The number of nitrogens with zero attached hydrogens (tertiary/aromatic N) is 1. The zero-order valence-corrected chi connectivity index (χ0v) is 19.3. The van der Waals surface area contributed by atoms with Crippen molar-refractivity contribution in [2.45, 2.75) is 96.8 Å². The largest absolute Gasteiger partial charge is 0.355 e. The van der Waals surface area contributed by atoms with E-state index in [1.807, 2.05) is 0 Å². The van der Waals surface area contributed by atoms with Crippen molar-refractivity contribution in [2.24, 2.45) is 11.5 Å². The van der Waals surface area contributed by atoms with E-state index in [1.54, 1.807) is 0 Å². The zero-order valence-electron chi connectivity index (χ0n) is 19.3. The van der Waals surface area contributed by atoms with Gasteiger partial charge < -0.3 is 16.8 Å². The van der Waals surface area contributed by atoms with Crippen LogP contribution in [0.2, 0.25) is 0 Å². The van der Waals surface area contributed by atoms with Gasteiger partial charge in [0.1, 0.15) is 0 Å². The number of hydrogen-bond donors (Lipinski definition) is 3. The quantitative estimate of drug-likeness (QED) is 0.183. The van der Waals surface area contributed by atoms with Crippen LogP contribution < -0.4 is 16.8 Å². The molecule has 0 unspecified atom stereocenters. The van der Waals surface area contributed by atoms with Crippen molar-refractivity contribution >= 4 is 5.91 Å². The van der Waals surface area contributed by atoms with Crippen molar-refractivity contribution in [2.75, 3.05) is 39.3 Å². The van der Waals surface area contributed by atoms with Crippen molar-refractivity contribution in [1.29, 1.82) is 0 Å². The molecule has 5 N–H and O–H groups in total. The van der Waals surface area contributed by atoms with Gasteiger partial charge in [-0.15, -0.1) is 0 Å². The van der Waals surface area contributed by atoms with Crippen LogP contribution in [0.5, 0.6) is 0 Å². The second-order valence-corrected chi connectivity index (χ2v) is 8.10. The molecule has 0 spiro atoms. The van der Waals surface area contributed by atoms with E-state index in [1.165, 1.54) is 70.6 Å². The molecule has 0 aromatic carbocycles. The van der Waals surface area contributed by atoms with Gasteiger partial charge in [-0.2, -0.15) is 0 Å². The van der Waals surface area contributed by atoms with Crippen LogP contribution in [0, 0.1) is 0 Å². The van der Waals surface area contributed by atoms with Gasteiger partial charge in [-0.25, -0.2) is 0 Å². The van der Waals surface area contributed by atoms with Gasteiger partial charge in [-0.05, 0) is 32.1 Å². The number of nitrogens with one attached hydrogen (secondary N) is 1. The minimum atomic E-state index is 0.170. The van der Waals surface area contributed by atoms with Crippen molar-refractivity contribution in [3.63, 3.8) is 0 Å². The molecule has 0 saturated carbocycles. The molecule has 0 aromatic heterocycles. The zero-order chi connectivity index (χ0) is 21.4. The SMILES string of the molecule is CCCCCCCCC=CCCCCCCCC(=O)NCCN(CCN)CCN. The summed E-state index contributed by atoms with van der Waals surface area (Å²) in [5.74, 6) is 0.170. The number of carbonyl (C=O) groups is 1. The molecule has 0 aromatic rings. The normalized spacial score (nSPS) is 11.6. The highest BCUT2D eigenvalue weighted by molar-refractivity contribution is 5.75. The summed E-state index contributed by atoms with van der Waals surface area (Å²) < 4.78 is 0. The maximum atomic E-state index is 11.9. The van der Waals surface area contributed by atoms with Crippen LogP contribution in [0.4, 0.5) is 0 Å². The lowest BCUT2D eigenvalue weighted by atomic mass is 10.1. The average molecular weight is 411 g/mol. The number of nitrogens with two attached hydrogens (primary N) is 2. The molecule has 0 aliphatic carbocycles. The molecule has 29 heavy (non-hydrogen) atoms. The molecule has 0 saturated heterocycles. The summed E-state index contributed by atoms with van der Waals surface area (Å²) in [6.07, 6.45) is 22.0. The molecule has 0 bridgehead atoms.